The first-order chi connectivity index (χ1) is 12.7. The molecule has 0 saturated heterocycles. The number of aromatic nitrogens is 2. The van der Waals surface area contributed by atoms with Gasteiger partial charge in [-0.1, -0.05) is 42.1 Å². The molecule has 0 atom stereocenters. The van der Waals surface area contributed by atoms with Crippen molar-refractivity contribution in [2.75, 3.05) is 5.75 Å². The number of rotatable bonds is 6. The Morgan fingerprint density at radius 3 is 2.81 bits per heavy atom. The maximum atomic E-state index is 13.1. The molecule has 5 nitrogen and oxygen atoms in total. The van der Waals surface area contributed by atoms with Crippen LogP contribution in [0.5, 0.6) is 0 Å². The lowest BCUT2D eigenvalue weighted by molar-refractivity contribution is -0.118. The van der Waals surface area contributed by atoms with Crippen molar-refractivity contribution in [2.24, 2.45) is 0 Å². The van der Waals surface area contributed by atoms with Gasteiger partial charge in [-0.25, -0.2) is 4.98 Å². The number of nitrogens with one attached hydrogen (secondary N) is 1. The van der Waals surface area contributed by atoms with E-state index in [0.717, 1.165) is 28.8 Å². The van der Waals surface area contributed by atoms with Crippen molar-refractivity contribution >= 4 is 39.2 Å². The van der Waals surface area contributed by atoms with Crippen LogP contribution in [-0.4, -0.2) is 27.3 Å². The molecule has 1 amide bonds. The quantitative estimate of drug-likeness (QED) is 0.521. The number of thioether (sulfide) groups is 1. The van der Waals surface area contributed by atoms with Crippen LogP contribution in [0.4, 0.5) is 0 Å². The highest BCUT2D eigenvalue weighted by molar-refractivity contribution is 7.99. The average molecular weight is 386 g/mol. The fourth-order valence-electron chi connectivity index (χ4n) is 2.85. The number of hydrogen-bond donors (Lipinski definition) is 1. The zero-order valence-electron chi connectivity index (χ0n) is 14.4. The Hall–Kier alpha value is -2.12. The van der Waals surface area contributed by atoms with E-state index in [9.17, 15) is 9.59 Å². The van der Waals surface area contributed by atoms with E-state index in [-0.39, 0.29) is 17.2 Å². The molecule has 26 heavy (non-hydrogen) atoms. The third-order valence-electron chi connectivity index (χ3n) is 4.33. The van der Waals surface area contributed by atoms with Gasteiger partial charge in [0.15, 0.2) is 5.16 Å². The molecule has 4 rings (SSSR count). The average Bonchev–Trinajstić information content (AvgIpc) is 3.36. The number of amides is 1. The minimum absolute atomic E-state index is 0.00523. The van der Waals surface area contributed by atoms with E-state index in [0.29, 0.717) is 23.1 Å². The number of thiophene rings is 1. The van der Waals surface area contributed by atoms with Crippen molar-refractivity contribution < 1.29 is 4.79 Å². The SMILES string of the molecule is CCn1c(SCC(=O)NC2CC2)nc2scc(-c3ccccc3)c2c1=O. The number of nitrogens with zero attached hydrogens (tertiary/aromatic N) is 2. The molecule has 0 aliphatic heterocycles. The topological polar surface area (TPSA) is 64.0 Å². The van der Waals surface area contributed by atoms with Gasteiger partial charge in [-0.3, -0.25) is 14.2 Å². The normalized spacial score (nSPS) is 13.9. The van der Waals surface area contributed by atoms with Crippen LogP contribution in [0.2, 0.25) is 0 Å². The third-order valence-corrected chi connectivity index (χ3v) is 6.18. The number of fused-ring (bicyclic) bond motifs is 1. The summed E-state index contributed by atoms with van der Waals surface area (Å²) in [5.41, 5.74) is 1.90. The van der Waals surface area contributed by atoms with Crippen LogP contribution in [-0.2, 0) is 11.3 Å². The summed E-state index contributed by atoms with van der Waals surface area (Å²) < 4.78 is 1.66. The Balaban J connectivity index is 1.69. The smallest absolute Gasteiger partial charge is 0.263 e. The Kier molecular flexibility index (Phi) is 4.82. The van der Waals surface area contributed by atoms with E-state index in [1.807, 2.05) is 42.6 Å². The summed E-state index contributed by atoms with van der Waals surface area (Å²) in [7, 11) is 0. The second-order valence-corrected chi connectivity index (χ2v) is 8.07. The summed E-state index contributed by atoms with van der Waals surface area (Å²) in [6, 6.07) is 10.2. The number of benzene rings is 1. The summed E-state index contributed by atoms with van der Waals surface area (Å²) in [5, 5.41) is 6.23. The van der Waals surface area contributed by atoms with E-state index < -0.39 is 0 Å². The first-order valence-corrected chi connectivity index (χ1v) is 10.5. The van der Waals surface area contributed by atoms with Crippen molar-refractivity contribution in [1.29, 1.82) is 0 Å². The number of hydrogen-bond acceptors (Lipinski definition) is 5. The van der Waals surface area contributed by atoms with Crippen LogP contribution in [0, 0.1) is 0 Å². The molecule has 1 fully saturated rings. The van der Waals surface area contributed by atoms with Crippen LogP contribution in [0.15, 0.2) is 45.7 Å². The standard InChI is InChI=1S/C19H19N3O2S2/c1-2-22-18(24)16-14(12-6-4-3-5-7-12)10-25-17(16)21-19(22)26-11-15(23)20-13-8-9-13/h3-7,10,13H,2,8-9,11H2,1H3,(H,20,23). The number of carbonyl (C=O) groups is 1. The molecule has 7 heteroatoms. The molecular formula is C19H19N3O2S2. The zero-order chi connectivity index (χ0) is 18.1. The van der Waals surface area contributed by atoms with Crippen LogP contribution in [0.1, 0.15) is 19.8 Å². The third kappa shape index (κ3) is 3.41. The molecule has 2 aromatic heterocycles. The lowest BCUT2D eigenvalue weighted by Gasteiger charge is -2.10. The Labute approximate surface area is 159 Å². The highest BCUT2D eigenvalue weighted by atomic mass is 32.2. The van der Waals surface area contributed by atoms with Gasteiger partial charge in [0.1, 0.15) is 4.83 Å². The molecule has 1 N–H and O–H groups in total. The molecule has 2 heterocycles. The van der Waals surface area contributed by atoms with Gasteiger partial charge >= 0.3 is 0 Å². The van der Waals surface area contributed by atoms with Gasteiger partial charge < -0.3 is 5.32 Å². The lowest BCUT2D eigenvalue weighted by Crippen LogP contribution is -2.28. The molecular weight excluding hydrogens is 366 g/mol. The zero-order valence-corrected chi connectivity index (χ0v) is 16.0. The van der Waals surface area contributed by atoms with Crippen LogP contribution in [0.25, 0.3) is 21.3 Å². The van der Waals surface area contributed by atoms with Gasteiger partial charge in [-0.2, -0.15) is 0 Å². The van der Waals surface area contributed by atoms with Crippen molar-refractivity contribution in [3.8, 4) is 11.1 Å². The molecule has 134 valence electrons. The summed E-state index contributed by atoms with van der Waals surface area (Å²) in [4.78, 5) is 30.5. The van der Waals surface area contributed by atoms with Crippen molar-refractivity contribution in [1.82, 2.24) is 14.9 Å². The van der Waals surface area contributed by atoms with E-state index in [4.69, 9.17) is 0 Å². The van der Waals surface area contributed by atoms with Gasteiger partial charge in [0.05, 0.1) is 11.1 Å². The summed E-state index contributed by atoms with van der Waals surface area (Å²) in [6.07, 6.45) is 2.13. The first kappa shape index (κ1) is 17.3. The summed E-state index contributed by atoms with van der Waals surface area (Å²) >= 11 is 2.80. The number of carbonyl (C=O) groups excluding carboxylic acids is 1. The van der Waals surface area contributed by atoms with E-state index >= 15 is 0 Å². The Bertz CT molecular complexity index is 1010. The van der Waals surface area contributed by atoms with Gasteiger partial charge in [0.25, 0.3) is 5.56 Å². The van der Waals surface area contributed by atoms with E-state index in [1.54, 1.807) is 4.57 Å². The van der Waals surface area contributed by atoms with E-state index in [2.05, 4.69) is 10.3 Å². The maximum Gasteiger partial charge on any atom is 0.263 e. The monoisotopic (exact) mass is 385 g/mol. The summed E-state index contributed by atoms with van der Waals surface area (Å²) in [6.45, 7) is 2.45. The minimum atomic E-state index is -0.0392. The largest absolute Gasteiger partial charge is 0.353 e. The molecule has 3 aromatic rings. The summed E-state index contributed by atoms with van der Waals surface area (Å²) in [5.74, 6) is 0.288. The fourth-order valence-corrected chi connectivity index (χ4v) is 4.71. The second-order valence-electron chi connectivity index (χ2n) is 6.27. The molecule has 1 aromatic carbocycles. The molecule has 0 radical (unpaired) electrons. The van der Waals surface area contributed by atoms with Crippen molar-refractivity contribution in [3.05, 3.63) is 46.1 Å². The first-order valence-electron chi connectivity index (χ1n) is 8.67. The van der Waals surface area contributed by atoms with Gasteiger partial charge in [-0.15, -0.1) is 11.3 Å². The molecule has 0 unspecified atom stereocenters. The molecule has 1 aliphatic rings. The minimum Gasteiger partial charge on any atom is -0.353 e. The van der Waals surface area contributed by atoms with Gasteiger partial charge in [-0.05, 0) is 25.3 Å². The van der Waals surface area contributed by atoms with Crippen LogP contribution >= 0.6 is 23.1 Å². The fraction of sp³-hybridized carbons (Fsp3) is 0.316. The Morgan fingerprint density at radius 2 is 2.12 bits per heavy atom. The van der Waals surface area contributed by atoms with Crippen LogP contribution < -0.4 is 10.9 Å². The maximum absolute atomic E-state index is 13.1. The predicted octanol–water partition coefficient (Wildman–Crippen LogP) is 3.52. The second kappa shape index (κ2) is 7.25. The molecule has 0 bridgehead atoms. The molecule has 1 saturated carbocycles. The van der Waals surface area contributed by atoms with Gasteiger partial charge in [0, 0.05) is 23.5 Å². The van der Waals surface area contributed by atoms with Crippen molar-refractivity contribution in [2.45, 2.75) is 37.5 Å². The highest BCUT2D eigenvalue weighted by Crippen LogP contribution is 2.32. The highest BCUT2D eigenvalue weighted by Gasteiger charge is 2.23. The molecule has 1 aliphatic carbocycles. The Morgan fingerprint density at radius 1 is 1.35 bits per heavy atom. The molecule has 0 spiro atoms. The lowest BCUT2D eigenvalue weighted by atomic mass is 10.1. The van der Waals surface area contributed by atoms with Crippen LogP contribution in [0.3, 0.4) is 0 Å². The van der Waals surface area contributed by atoms with Gasteiger partial charge in [0.2, 0.25) is 5.91 Å². The van der Waals surface area contributed by atoms with E-state index in [1.165, 1.54) is 23.1 Å². The predicted molar refractivity (Wildman–Crippen MR) is 107 cm³/mol. The van der Waals surface area contributed by atoms with Crippen molar-refractivity contribution in [3.63, 3.8) is 0 Å².